The zero-order valence-corrected chi connectivity index (χ0v) is 16.0. The Morgan fingerprint density at radius 3 is 1.96 bits per heavy atom. The predicted octanol–water partition coefficient (Wildman–Crippen LogP) is 2.16. The van der Waals surface area contributed by atoms with Crippen molar-refractivity contribution >= 4 is 37.3 Å². The van der Waals surface area contributed by atoms with E-state index in [9.17, 15) is 16.8 Å². The van der Waals surface area contributed by atoms with Crippen LogP contribution in [0.2, 0.25) is 5.02 Å². The molecule has 0 radical (unpaired) electrons. The average Bonchev–Trinajstić information content (AvgIpc) is 2.63. The number of anilines is 1. The van der Waals surface area contributed by atoms with Crippen molar-refractivity contribution in [3.63, 3.8) is 0 Å². The predicted molar refractivity (Wildman–Crippen MR) is 98.3 cm³/mol. The van der Waals surface area contributed by atoms with E-state index in [2.05, 4.69) is 4.72 Å². The summed E-state index contributed by atoms with van der Waals surface area (Å²) in [6.45, 7) is 1.32. The van der Waals surface area contributed by atoms with Gasteiger partial charge in [-0.25, -0.2) is 16.8 Å². The highest BCUT2D eigenvalue weighted by atomic mass is 35.5. The Balaban J connectivity index is 1.78. The zero-order chi connectivity index (χ0) is 18.8. The summed E-state index contributed by atoms with van der Waals surface area (Å²) in [5.41, 5.74) is 0.265. The summed E-state index contributed by atoms with van der Waals surface area (Å²) in [7, 11) is -7.40. The minimum absolute atomic E-state index is 0.0620. The Morgan fingerprint density at radius 2 is 1.38 bits per heavy atom. The van der Waals surface area contributed by atoms with Crippen LogP contribution in [-0.4, -0.2) is 47.4 Å². The van der Waals surface area contributed by atoms with Crippen LogP contribution in [0, 0.1) is 0 Å². The Bertz CT molecular complexity index is 968. The van der Waals surface area contributed by atoms with E-state index in [1.807, 2.05) is 0 Å². The highest BCUT2D eigenvalue weighted by Crippen LogP contribution is 2.22. The molecular formula is C16H17ClN2O5S2. The van der Waals surface area contributed by atoms with Crippen LogP contribution in [0.3, 0.4) is 0 Å². The fourth-order valence-electron chi connectivity index (χ4n) is 2.46. The molecule has 2 aromatic rings. The number of rotatable bonds is 5. The van der Waals surface area contributed by atoms with Gasteiger partial charge >= 0.3 is 0 Å². The maximum Gasteiger partial charge on any atom is 0.261 e. The van der Waals surface area contributed by atoms with E-state index in [-0.39, 0.29) is 15.5 Å². The molecule has 0 saturated carbocycles. The van der Waals surface area contributed by atoms with Crippen LogP contribution in [0.4, 0.5) is 5.69 Å². The molecule has 1 fully saturated rings. The van der Waals surface area contributed by atoms with Gasteiger partial charge in [-0.3, -0.25) is 4.72 Å². The maximum atomic E-state index is 12.6. The summed E-state index contributed by atoms with van der Waals surface area (Å²) in [6, 6.07) is 11.3. The minimum Gasteiger partial charge on any atom is -0.379 e. The molecule has 0 unspecified atom stereocenters. The van der Waals surface area contributed by atoms with Gasteiger partial charge in [0, 0.05) is 23.8 Å². The van der Waals surface area contributed by atoms with E-state index >= 15 is 0 Å². The molecule has 3 rings (SSSR count). The molecule has 2 aromatic carbocycles. The summed E-state index contributed by atoms with van der Waals surface area (Å²) >= 11 is 5.76. The molecule has 1 N–H and O–H groups in total. The summed E-state index contributed by atoms with van der Waals surface area (Å²) in [4.78, 5) is 0.167. The van der Waals surface area contributed by atoms with Gasteiger partial charge in [-0.15, -0.1) is 0 Å². The molecule has 140 valence electrons. The third-order valence-corrected chi connectivity index (χ3v) is 7.40. The largest absolute Gasteiger partial charge is 0.379 e. The number of halogens is 1. The van der Waals surface area contributed by atoms with Gasteiger partial charge in [0.25, 0.3) is 10.0 Å². The molecule has 7 nitrogen and oxygen atoms in total. The molecular weight excluding hydrogens is 400 g/mol. The van der Waals surface area contributed by atoms with Crippen LogP contribution in [0.25, 0.3) is 0 Å². The smallest absolute Gasteiger partial charge is 0.261 e. The number of hydrogen-bond donors (Lipinski definition) is 1. The first-order valence-corrected chi connectivity index (χ1v) is 11.1. The third-order valence-electron chi connectivity index (χ3n) is 3.84. The van der Waals surface area contributed by atoms with Gasteiger partial charge in [0.1, 0.15) is 0 Å². The number of benzene rings is 2. The van der Waals surface area contributed by atoms with Gasteiger partial charge < -0.3 is 4.74 Å². The summed E-state index contributed by atoms with van der Waals surface area (Å²) < 4.78 is 58.7. The molecule has 0 spiro atoms. The van der Waals surface area contributed by atoms with Crippen LogP contribution in [0.5, 0.6) is 0 Å². The molecule has 0 aromatic heterocycles. The highest BCUT2D eigenvalue weighted by Gasteiger charge is 2.26. The SMILES string of the molecule is O=S(=O)(Nc1ccc(S(=O)(=O)N2CCOCC2)cc1)c1ccc(Cl)cc1. The lowest BCUT2D eigenvalue weighted by Gasteiger charge is -2.26. The Hall–Kier alpha value is -1.65. The number of morpholine rings is 1. The van der Waals surface area contributed by atoms with Gasteiger partial charge in [-0.05, 0) is 48.5 Å². The van der Waals surface area contributed by atoms with Crippen LogP contribution in [-0.2, 0) is 24.8 Å². The lowest BCUT2D eigenvalue weighted by Crippen LogP contribution is -2.40. The van der Waals surface area contributed by atoms with Crippen LogP contribution < -0.4 is 4.72 Å². The van der Waals surface area contributed by atoms with Gasteiger partial charge in [0.15, 0.2) is 0 Å². The van der Waals surface area contributed by atoms with Crippen molar-refractivity contribution in [3.8, 4) is 0 Å². The average molecular weight is 417 g/mol. The van der Waals surface area contributed by atoms with E-state index in [0.717, 1.165) is 0 Å². The minimum atomic E-state index is -3.78. The van der Waals surface area contributed by atoms with E-state index < -0.39 is 20.0 Å². The maximum absolute atomic E-state index is 12.6. The van der Waals surface area contributed by atoms with Crippen molar-refractivity contribution in [1.29, 1.82) is 0 Å². The van der Waals surface area contributed by atoms with Crippen molar-refractivity contribution in [1.82, 2.24) is 4.31 Å². The number of sulfonamides is 2. The highest BCUT2D eigenvalue weighted by molar-refractivity contribution is 7.92. The second kappa shape index (κ2) is 7.53. The van der Waals surface area contributed by atoms with Crippen LogP contribution >= 0.6 is 11.6 Å². The molecule has 1 saturated heterocycles. The summed E-state index contributed by atoms with van der Waals surface area (Å²) in [5, 5.41) is 0.432. The number of nitrogens with zero attached hydrogens (tertiary/aromatic N) is 1. The van der Waals surface area contributed by atoms with E-state index in [4.69, 9.17) is 16.3 Å². The monoisotopic (exact) mass is 416 g/mol. The van der Waals surface area contributed by atoms with Crippen molar-refractivity contribution in [2.75, 3.05) is 31.0 Å². The quantitative estimate of drug-likeness (QED) is 0.806. The van der Waals surface area contributed by atoms with Gasteiger partial charge in [0.2, 0.25) is 10.0 Å². The molecule has 1 aliphatic heterocycles. The fraction of sp³-hybridized carbons (Fsp3) is 0.250. The third kappa shape index (κ3) is 4.18. The Kier molecular flexibility index (Phi) is 5.54. The van der Waals surface area contributed by atoms with Crippen molar-refractivity contribution < 1.29 is 21.6 Å². The van der Waals surface area contributed by atoms with Gasteiger partial charge in [-0.1, -0.05) is 11.6 Å². The fourth-order valence-corrected chi connectivity index (χ4v) is 5.05. The Morgan fingerprint density at radius 1 is 0.846 bits per heavy atom. The summed E-state index contributed by atoms with van der Waals surface area (Å²) in [6.07, 6.45) is 0. The topological polar surface area (TPSA) is 92.8 Å². The van der Waals surface area contributed by atoms with Gasteiger partial charge in [0.05, 0.1) is 23.0 Å². The molecule has 0 bridgehead atoms. The first kappa shape index (κ1) is 19.1. The first-order valence-electron chi connectivity index (χ1n) is 7.75. The normalized spacial score (nSPS) is 16.3. The molecule has 26 heavy (non-hydrogen) atoms. The van der Waals surface area contributed by atoms with Crippen LogP contribution in [0.1, 0.15) is 0 Å². The van der Waals surface area contributed by atoms with E-state index in [0.29, 0.717) is 31.3 Å². The number of ether oxygens (including phenoxy) is 1. The zero-order valence-electron chi connectivity index (χ0n) is 13.6. The molecule has 1 aliphatic rings. The molecule has 0 atom stereocenters. The lowest BCUT2D eigenvalue weighted by molar-refractivity contribution is 0.0730. The second-order valence-electron chi connectivity index (χ2n) is 5.60. The number of hydrogen-bond acceptors (Lipinski definition) is 5. The molecule has 1 heterocycles. The standard InChI is InChI=1S/C16H17ClN2O5S2/c17-13-1-5-15(6-2-13)25(20,21)18-14-3-7-16(8-4-14)26(22,23)19-9-11-24-12-10-19/h1-8,18H,9-12H2. The first-order chi connectivity index (χ1) is 12.3. The van der Waals surface area contributed by atoms with Crippen molar-refractivity contribution in [3.05, 3.63) is 53.6 Å². The summed E-state index contributed by atoms with van der Waals surface area (Å²) in [5.74, 6) is 0. The van der Waals surface area contributed by atoms with Crippen molar-refractivity contribution in [2.24, 2.45) is 0 Å². The Labute approximate surface area is 157 Å². The number of nitrogens with one attached hydrogen (secondary N) is 1. The second-order valence-corrected chi connectivity index (χ2v) is 9.66. The molecule has 0 aliphatic carbocycles. The lowest BCUT2D eigenvalue weighted by atomic mass is 10.3. The molecule has 10 heteroatoms. The van der Waals surface area contributed by atoms with E-state index in [1.165, 1.54) is 52.8 Å². The van der Waals surface area contributed by atoms with Gasteiger partial charge in [-0.2, -0.15) is 4.31 Å². The van der Waals surface area contributed by atoms with Crippen LogP contribution in [0.15, 0.2) is 58.3 Å². The van der Waals surface area contributed by atoms with E-state index in [1.54, 1.807) is 0 Å². The molecule has 0 amide bonds. The van der Waals surface area contributed by atoms with Crippen molar-refractivity contribution in [2.45, 2.75) is 9.79 Å².